The van der Waals surface area contributed by atoms with Crippen LogP contribution in [0.3, 0.4) is 0 Å². The molecule has 0 saturated heterocycles. The Kier molecular flexibility index (Phi) is 6.41. The van der Waals surface area contributed by atoms with E-state index in [1.165, 1.54) is 103 Å². The molecule has 38 heavy (non-hydrogen) atoms. The van der Waals surface area contributed by atoms with Crippen LogP contribution < -0.4 is 4.90 Å². The molecule has 2 fully saturated rings. The van der Waals surface area contributed by atoms with Gasteiger partial charge >= 0.3 is 0 Å². The van der Waals surface area contributed by atoms with Crippen LogP contribution in [0.4, 0.5) is 17.1 Å². The number of para-hydroxylation sites is 1. The molecule has 1 aromatic heterocycles. The molecule has 0 unspecified atom stereocenters. The van der Waals surface area contributed by atoms with Crippen LogP contribution >= 0.6 is 0 Å². The van der Waals surface area contributed by atoms with Crippen LogP contribution in [-0.2, 0) is 0 Å². The lowest BCUT2D eigenvalue weighted by Gasteiger charge is -2.28. The summed E-state index contributed by atoms with van der Waals surface area (Å²) in [6, 6.07) is 33.8. The van der Waals surface area contributed by atoms with E-state index < -0.39 is 0 Å². The van der Waals surface area contributed by atoms with Crippen molar-refractivity contribution in [1.82, 2.24) is 0 Å². The highest BCUT2D eigenvalue weighted by atomic mass is 16.3. The van der Waals surface area contributed by atoms with Gasteiger partial charge in [0.2, 0.25) is 0 Å². The van der Waals surface area contributed by atoms with Gasteiger partial charge in [0.1, 0.15) is 11.2 Å². The minimum absolute atomic E-state index is 0.717. The standard InChI is InChI=1S/C36H37NO/c1-3-9-26(10-4-1)28-15-19-30(20-16-28)37(31-21-17-29(18-22-31)27-11-5-2-6-12-27)32-23-24-36-34(25-32)33-13-7-8-14-35(33)38-36/h7-8,13-27H,1-6,9-12H2. The maximum atomic E-state index is 6.15. The van der Waals surface area contributed by atoms with E-state index in [0.717, 1.165) is 23.0 Å². The Morgan fingerprint density at radius 2 is 0.974 bits per heavy atom. The maximum Gasteiger partial charge on any atom is 0.135 e. The average molecular weight is 500 g/mol. The molecule has 0 spiro atoms. The van der Waals surface area contributed by atoms with Crippen LogP contribution in [0.15, 0.2) is 95.4 Å². The fourth-order valence-electron chi connectivity index (χ4n) is 6.96. The summed E-state index contributed by atoms with van der Waals surface area (Å²) in [5.41, 5.74) is 8.47. The smallest absolute Gasteiger partial charge is 0.135 e. The molecular weight excluding hydrogens is 462 g/mol. The first-order valence-electron chi connectivity index (χ1n) is 14.7. The number of nitrogens with zero attached hydrogens (tertiary/aromatic N) is 1. The normalized spacial score (nSPS) is 17.3. The monoisotopic (exact) mass is 499 g/mol. The lowest BCUT2D eigenvalue weighted by atomic mass is 9.84. The first-order valence-corrected chi connectivity index (χ1v) is 14.7. The van der Waals surface area contributed by atoms with Gasteiger partial charge in [-0.2, -0.15) is 0 Å². The number of anilines is 3. The number of rotatable bonds is 5. The predicted octanol–water partition coefficient (Wildman–Crippen LogP) is 11.2. The molecule has 0 aliphatic heterocycles. The largest absolute Gasteiger partial charge is 0.456 e. The third-order valence-corrected chi connectivity index (χ3v) is 9.07. The van der Waals surface area contributed by atoms with Crippen LogP contribution in [0.1, 0.15) is 87.2 Å². The van der Waals surface area contributed by atoms with Crippen LogP contribution in [0, 0.1) is 0 Å². The third-order valence-electron chi connectivity index (χ3n) is 9.07. The summed E-state index contributed by atoms with van der Waals surface area (Å²) >= 11 is 0. The molecule has 4 aromatic carbocycles. The van der Waals surface area contributed by atoms with Gasteiger partial charge in [0.05, 0.1) is 0 Å². The van der Waals surface area contributed by atoms with Crippen molar-refractivity contribution >= 4 is 39.0 Å². The van der Waals surface area contributed by atoms with E-state index in [4.69, 9.17) is 4.42 Å². The van der Waals surface area contributed by atoms with Crippen molar-refractivity contribution in [3.8, 4) is 0 Å². The first-order chi connectivity index (χ1) is 18.8. The molecule has 0 bridgehead atoms. The average Bonchev–Trinajstić information content (AvgIpc) is 3.37. The second-order valence-electron chi connectivity index (χ2n) is 11.5. The number of furan rings is 1. The fourth-order valence-corrected chi connectivity index (χ4v) is 6.96. The van der Waals surface area contributed by atoms with Gasteiger partial charge in [-0.25, -0.2) is 0 Å². The number of fused-ring (bicyclic) bond motifs is 3. The van der Waals surface area contributed by atoms with E-state index in [-0.39, 0.29) is 0 Å². The van der Waals surface area contributed by atoms with Gasteiger partial charge in [0.15, 0.2) is 0 Å². The highest BCUT2D eigenvalue weighted by Crippen LogP contribution is 2.41. The van der Waals surface area contributed by atoms with Gasteiger partial charge < -0.3 is 9.32 Å². The van der Waals surface area contributed by atoms with Gasteiger partial charge in [-0.15, -0.1) is 0 Å². The molecule has 2 aliphatic carbocycles. The van der Waals surface area contributed by atoms with Crippen LogP contribution in [0.2, 0.25) is 0 Å². The van der Waals surface area contributed by atoms with Crippen molar-refractivity contribution in [1.29, 1.82) is 0 Å². The van der Waals surface area contributed by atoms with E-state index >= 15 is 0 Å². The SMILES string of the molecule is c1ccc2c(c1)oc1ccc(N(c3ccc(C4CCCCC4)cc3)c3ccc(C4CCCCC4)cc3)cc12. The molecule has 0 radical (unpaired) electrons. The molecule has 2 aliphatic rings. The van der Waals surface area contributed by atoms with Crippen LogP contribution in [0.25, 0.3) is 21.9 Å². The molecule has 7 rings (SSSR count). The number of hydrogen-bond donors (Lipinski definition) is 0. The Labute approximate surface area is 226 Å². The maximum absolute atomic E-state index is 6.15. The highest BCUT2D eigenvalue weighted by molar-refractivity contribution is 6.06. The van der Waals surface area contributed by atoms with Crippen LogP contribution in [0.5, 0.6) is 0 Å². The lowest BCUT2D eigenvalue weighted by molar-refractivity contribution is 0.443. The molecule has 2 heteroatoms. The van der Waals surface area contributed by atoms with Gasteiger partial charge in [-0.1, -0.05) is 81.0 Å². The summed E-state index contributed by atoms with van der Waals surface area (Å²) in [6.07, 6.45) is 13.6. The molecule has 5 aromatic rings. The van der Waals surface area contributed by atoms with Crippen LogP contribution in [-0.4, -0.2) is 0 Å². The Morgan fingerprint density at radius 1 is 0.474 bits per heavy atom. The van der Waals surface area contributed by atoms with E-state index in [2.05, 4.69) is 89.8 Å². The third kappa shape index (κ3) is 4.51. The predicted molar refractivity (Wildman–Crippen MR) is 160 cm³/mol. The van der Waals surface area contributed by atoms with Crippen molar-refractivity contribution in [2.45, 2.75) is 76.0 Å². The van der Waals surface area contributed by atoms with E-state index in [0.29, 0.717) is 0 Å². The zero-order chi connectivity index (χ0) is 25.3. The molecule has 1 heterocycles. The van der Waals surface area contributed by atoms with E-state index in [1.807, 2.05) is 6.07 Å². The summed E-state index contributed by atoms with van der Waals surface area (Å²) in [6.45, 7) is 0. The lowest BCUT2D eigenvalue weighted by Crippen LogP contribution is -2.11. The minimum atomic E-state index is 0.717. The Balaban J connectivity index is 1.29. The highest BCUT2D eigenvalue weighted by Gasteiger charge is 2.20. The first kappa shape index (κ1) is 23.6. The van der Waals surface area contributed by atoms with Crippen molar-refractivity contribution in [2.24, 2.45) is 0 Å². The van der Waals surface area contributed by atoms with Crippen molar-refractivity contribution < 1.29 is 4.42 Å². The summed E-state index contributed by atoms with van der Waals surface area (Å²) in [7, 11) is 0. The molecular formula is C36H37NO. The van der Waals surface area contributed by atoms with Crippen molar-refractivity contribution in [2.75, 3.05) is 4.90 Å². The topological polar surface area (TPSA) is 16.4 Å². The molecule has 0 N–H and O–H groups in total. The van der Waals surface area contributed by atoms with Gasteiger partial charge in [0.25, 0.3) is 0 Å². The summed E-state index contributed by atoms with van der Waals surface area (Å²) in [4.78, 5) is 2.41. The molecule has 0 atom stereocenters. The summed E-state index contributed by atoms with van der Waals surface area (Å²) in [5, 5.41) is 2.34. The molecule has 0 amide bonds. The zero-order valence-corrected chi connectivity index (χ0v) is 22.2. The second-order valence-corrected chi connectivity index (χ2v) is 11.5. The molecule has 2 saturated carbocycles. The Hall–Kier alpha value is -3.52. The van der Waals surface area contributed by atoms with Gasteiger partial charge in [0, 0.05) is 27.8 Å². The Bertz CT molecular complexity index is 1450. The summed E-state index contributed by atoms with van der Waals surface area (Å²) < 4.78 is 6.15. The van der Waals surface area contributed by atoms with Gasteiger partial charge in [-0.3, -0.25) is 0 Å². The fraction of sp³-hybridized carbons (Fsp3) is 0.333. The summed E-state index contributed by atoms with van der Waals surface area (Å²) in [5.74, 6) is 1.43. The van der Waals surface area contributed by atoms with E-state index in [1.54, 1.807) is 0 Å². The molecule has 2 nitrogen and oxygen atoms in total. The van der Waals surface area contributed by atoms with Gasteiger partial charge in [-0.05, 0) is 97.2 Å². The minimum Gasteiger partial charge on any atom is -0.456 e. The molecule has 192 valence electrons. The second kappa shape index (κ2) is 10.3. The number of benzene rings is 4. The van der Waals surface area contributed by atoms with Crippen molar-refractivity contribution in [3.63, 3.8) is 0 Å². The Morgan fingerprint density at radius 3 is 1.55 bits per heavy atom. The zero-order valence-electron chi connectivity index (χ0n) is 22.2. The quantitative estimate of drug-likeness (QED) is 0.239. The number of hydrogen-bond acceptors (Lipinski definition) is 2. The van der Waals surface area contributed by atoms with Crippen molar-refractivity contribution in [3.05, 3.63) is 102 Å². The van der Waals surface area contributed by atoms with E-state index in [9.17, 15) is 0 Å².